The van der Waals surface area contributed by atoms with Crippen molar-refractivity contribution in [1.82, 2.24) is 15.2 Å². The summed E-state index contributed by atoms with van der Waals surface area (Å²) < 4.78 is 0. The van der Waals surface area contributed by atoms with Crippen molar-refractivity contribution in [3.63, 3.8) is 0 Å². The number of pyridine rings is 1. The molecule has 0 spiro atoms. The lowest BCUT2D eigenvalue weighted by molar-refractivity contribution is -0.120. The van der Waals surface area contributed by atoms with Gasteiger partial charge in [0.25, 0.3) is 5.91 Å². The molecule has 1 aromatic rings. The number of anilines is 1. The fourth-order valence-electron chi connectivity index (χ4n) is 2.21. The van der Waals surface area contributed by atoms with E-state index in [-0.39, 0.29) is 17.2 Å². The summed E-state index contributed by atoms with van der Waals surface area (Å²) in [6.45, 7) is 7.50. The monoisotopic (exact) mass is 290 g/mol. The summed E-state index contributed by atoms with van der Waals surface area (Å²) in [4.78, 5) is 29.9. The molecule has 0 unspecified atom stereocenters. The van der Waals surface area contributed by atoms with E-state index >= 15 is 0 Å². The van der Waals surface area contributed by atoms with E-state index in [1.807, 2.05) is 20.8 Å². The van der Waals surface area contributed by atoms with E-state index in [4.69, 9.17) is 5.73 Å². The smallest absolute Gasteiger partial charge is 0.254 e. The molecular weight excluding hydrogens is 268 g/mol. The van der Waals surface area contributed by atoms with Gasteiger partial charge in [-0.2, -0.15) is 0 Å². The molecule has 3 N–H and O–H groups in total. The number of nitrogens with zero attached hydrogens (tertiary/aromatic N) is 2. The van der Waals surface area contributed by atoms with Crippen LogP contribution in [0.5, 0.6) is 0 Å². The Balaban J connectivity index is 2.26. The highest BCUT2D eigenvalue weighted by molar-refractivity contribution is 5.95. The first kappa shape index (κ1) is 15.3. The van der Waals surface area contributed by atoms with Crippen LogP contribution in [0.4, 0.5) is 5.82 Å². The molecule has 0 atom stereocenters. The molecule has 1 aromatic heterocycles. The lowest BCUT2D eigenvalue weighted by Crippen LogP contribution is -2.34. The molecule has 1 aliphatic rings. The van der Waals surface area contributed by atoms with Crippen molar-refractivity contribution in [2.75, 3.05) is 25.4 Å². The van der Waals surface area contributed by atoms with E-state index in [9.17, 15) is 9.59 Å². The lowest BCUT2D eigenvalue weighted by atomic mass is 9.90. The number of nitrogen functional groups attached to an aromatic ring is 1. The largest absolute Gasteiger partial charge is 0.384 e. The maximum Gasteiger partial charge on any atom is 0.254 e. The van der Waals surface area contributed by atoms with Crippen LogP contribution in [0, 0.1) is 0 Å². The minimum Gasteiger partial charge on any atom is -0.384 e. The summed E-state index contributed by atoms with van der Waals surface area (Å²) in [6.07, 6.45) is 0.332. The number of hydrogen-bond donors (Lipinski definition) is 2. The standard InChI is InChI=1S/C15H22N4O2/c1-15(2,3)11-8-10(9-12(16)18-11)14(21)19-6-4-13(20)17-5-7-19/h8-9H,4-7H2,1-3H3,(H2,16,18)(H,17,20). The average Bonchev–Trinajstić information content (AvgIpc) is 2.61. The van der Waals surface area contributed by atoms with Crippen molar-refractivity contribution in [2.45, 2.75) is 32.6 Å². The van der Waals surface area contributed by atoms with Gasteiger partial charge in [0, 0.05) is 42.7 Å². The molecule has 0 aromatic carbocycles. The quantitative estimate of drug-likeness (QED) is 0.805. The van der Waals surface area contributed by atoms with Crippen molar-refractivity contribution in [1.29, 1.82) is 0 Å². The normalized spacial score (nSPS) is 16.3. The fraction of sp³-hybridized carbons (Fsp3) is 0.533. The van der Waals surface area contributed by atoms with Crippen molar-refractivity contribution >= 4 is 17.6 Å². The molecule has 2 rings (SSSR count). The molecule has 114 valence electrons. The Hall–Kier alpha value is -2.11. The topological polar surface area (TPSA) is 88.3 Å². The van der Waals surface area contributed by atoms with Crippen LogP contribution in [0.25, 0.3) is 0 Å². The Morgan fingerprint density at radius 1 is 1.33 bits per heavy atom. The summed E-state index contributed by atoms with van der Waals surface area (Å²) in [5.74, 6) is 0.218. The van der Waals surface area contributed by atoms with Crippen molar-refractivity contribution in [3.05, 3.63) is 23.4 Å². The molecule has 0 aliphatic carbocycles. The van der Waals surface area contributed by atoms with Gasteiger partial charge in [0.2, 0.25) is 5.91 Å². The summed E-state index contributed by atoms with van der Waals surface area (Å²) in [5, 5.41) is 2.76. The van der Waals surface area contributed by atoms with Crippen molar-refractivity contribution in [3.8, 4) is 0 Å². The van der Waals surface area contributed by atoms with Crippen LogP contribution in [0.15, 0.2) is 12.1 Å². The van der Waals surface area contributed by atoms with Gasteiger partial charge >= 0.3 is 0 Å². The van der Waals surface area contributed by atoms with Gasteiger partial charge in [0.15, 0.2) is 0 Å². The highest BCUT2D eigenvalue weighted by atomic mass is 16.2. The summed E-state index contributed by atoms with van der Waals surface area (Å²) in [7, 11) is 0. The molecule has 0 bridgehead atoms. The maximum absolute atomic E-state index is 12.6. The molecule has 2 amide bonds. The molecule has 21 heavy (non-hydrogen) atoms. The molecule has 6 nitrogen and oxygen atoms in total. The van der Waals surface area contributed by atoms with E-state index < -0.39 is 0 Å². The minimum absolute atomic E-state index is 0.0186. The van der Waals surface area contributed by atoms with Gasteiger partial charge in [-0.15, -0.1) is 0 Å². The Morgan fingerprint density at radius 3 is 2.71 bits per heavy atom. The summed E-state index contributed by atoms with van der Waals surface area (Å²) in [5.41, 5.74) is 6.96. The summed E-state index contributed by atoms with van der Waals surface area (Å²) in [6, 6.07) is 3.39. The van der Waals surface area contributed by atoms with E-state index in [1.165, 1.54) is 0 Å². The van der Waals surface area contributed by atoms with Crippen LogP contribution in [-0.2, 0) is 10.2 Å². The number of rotatable bonds is 1. The second-order valence-corrected chi connectivity index (χ2v) is 6.31. The molecule has 2 heterocycles. The van der Waals surface area contributed by atoms with Crippen LogP contribution in [0.1, 0.15) is 43.2 Å². The van der Waals surface area contributed by atoms with Crippen molar-refractivity contribution < 1.29 is 9.59 Å². The molecule has 0 radical (unpaired) electrons. The zero-order valence-corrected chi connectivity index (χ0v) is 12.8. The van der Waals surface area contributed by atoms with Crippen LogP contribution in [0.2, 0.25) is 0 Å². The van der Waals surface area contributed by atoms with Gasteiger partial charge in [-0.25, -0.2) is 4.98 Å². The number of nitrogens with two attached hydrogens (primary N) is 1. The number of hydrogen-bond acceptors (Lipinski definition) is 4. The van der Waals surface area contributed by atoms with E-state index in [1.54, 1.807) is 17.0 Å². The lowest BCUT2D eigenvalue weighted by Gasteiger charge is -2.22. The van der Waals surface area contributed by atoms with E-state index in [0.717, 1.165) is 5.69 Å². The number of carbonyl (C=O) groups is 2. The second-order valence-electron chi connectivity index (χ2n) is 6.31. The molecule has 6 heteroatoms. The van der Waals surface area contributed by atoms with Gasteiger partial charge < -0.3 is 16.0 Å². The Morgan fingerprint density at radius 2 is 2.05 bits per heavy atom. The zero-order valence-electron chi connectivity index (χ0n) is 12.8. The third kappa shape index (κ3) is 3.71. The Bertz CT molecular complexity index is 563. The predicted octanol–water partition coefficient (Wildman–Crippen LogP) is 0.923. The Kier molecular flexibility index (Phi) is 4.16. The predicted molar refractivity (Wildman–Crippen MR) is 80.9 cm³/mol. The van der Waals surface area contributed by atoms with Gasteiger partial charge in [0.05, 0.1) is 0 Å². The van der Waals surface area contributed by atoms with Gasteiger partial charge in [-0.1, -0.05) is 20.8 Å². The molecule has 1 fully saturated rings. The number of amides is 2. The number of carbonyl (C=O) groups excluding carboxylic acids is 2. The maximum atomic E-state index is 12.6. The minimum atomic E-state index is -0.180. The fourth-order valence-corrected chi connectivity index (χ4v) is 2.21. The van der Waals surface area contributed by atoms with Crippen LogP contribution >= 0.6 is 0 Å². The highest BCUT2D eigenvalue weighted by Crippen LogP contribution is 2.23. The van der Waals surface area contributed by atoms with Crippen LogP contribution in [0.3, 0.4) is 0 Å². The SMILES string of the molecule is CC(C)(C)c1cc(C(=O)N2CCNC(=O)CC2)cc(N)n1. The first-order valence-electron chi connectivity index (χ1n) is 7.11. The zero-order chi connectivity index (χ0) is 15.6. The first-order chi connectivity index (χ1) is 9.77. The first-order valence-corrected chi connectivity index (χ1v) is 7.11. The highest BCUT2D eigenvalue weighted by Gasteiger charge is 2.23. The third-order valence-corrected chi connectivity index (χ3v) is 3.46. The van der Waals surface area contributed by atoms with E-state index in [2.05, 4.69) is 10.3 Å². The third-order valence-electron chi connectivity index (χ3n) is 3.46. The molecule has 1 aliphatic heterocycles. The van der Waals surface area contributed by atoms with Crippen molar-refractivity contribution in [2.24, 2.45) is 0 Å². The second kappa shape index (κ2) is 5.71. The Labute approximate surface area is 124 Å². The number of nitrogens with one attached hydrogen (secondary N) is 1. The average molecular weight is 290 g/mol. The van der Waals surface area contributed by atoms with E-state index in [0.29, 0.717) is 37.4 Å². The van der Waals surface area contributed by atoms with Gasteiger partial charge in [0.1, 0.15) is 5.82 Å². The number of aromatic nitrogens is 1. The molecule has 1 saturated heterocycles. The van der Waals surface area contributed by atoms with Gasteiger partial charge in [-0.05, 0) is 12.1 Å². The molecule has 0 saturated carbocycles. The van der Waals surface area contributed by atoms with Crippen LogP contribution in [-0.4, -0.2) is 41.3 Å². The summed E-state index contributed by atoms with van der Waals surface area (Å²) >= 11 is 0. The molecular formula is C15H22N4O2. The van der Waals surface area contributed by atoms with Crippen LogP contribution < -0.4 is 11.1 Å². The van der Waals surface area contributed by atoms with Gasteiger partial charge in [-0.3, -0.25) is 9.59 Å².